The van der Waals surface area contributed by atoms with Crippen LogP contribution in [-0.4, -0.2) is 33.6 Å². The van der Waals surface area contributed by atoms with E-state index in [-0.39, 0.29) is 11.3 Å². The van der Waals surface area contributed by atoms with Gasteiger partial charge in [0.25, 0.3) is 0 Å². The topological polar surface area (TPSA) is 92.7 Å². The normalized spacial score (nSPS) is 12.9. The number of anilines is 1. The number of aromatic carboxylic acids is 1. The number of ether oxygens (including phenoxy) is 1. The first kappa shape index (κ1) is 19.9. The summed E-state index contributed by atoms with van der Waals surface area (Å²) in [5.41, 5.74) is 1.24. The molecule has 0 spiro atoms. The molecule has 0 aromatic heterocycles. The molecule has 0 saturated heterocycles. The predicted molar refractivity (Wildman–Crippen MR) is 101 cm³/mol. The molecule has 2 aromatic carbocycles. The first-order valence-electron chi connectivity index (χ1n) is 7.65. The van der Waals surface area contributed by atoms with Gasteiger partial charge in [0.2, 0.25) is 5.91 Å². The molecule has 0 aliphatic heterocycles. The lowest BCUT2D eigenvalue weighted by Gasteiger charge is -2.14. The molecular formula is C18H18ClNO5S. The van der Waals surface area contributed by atoms with Crippen LogP contribution in [0.4, 0.5) is 5.69 Å². The zero-order valence-electron chi connectivity index (χ0n) is 14.2. The van der Waals surface area contributed by atoms with Gasteiger partial charge in [0.1, 0.15) is 11.0 Å². The lowest BCUT2D eigenvalue weighted by Crippen LogP contribution is -2.30. The van der Waals surface area contributed by atoms with Crippen molar-refractivity contribution in [2.45, 2.75) is 17.9 Å². The average Bonchev–Trinajstić information content (AvgIpc) is 2.61. The maximum Gasteiger partial charge on any atom is 0.335 e. The van der Waals surface area contributed by atoms with Crippen LogP contribution < -0.4 is 10.1 Å². The van der Waals surface area contributed by atoms with Gasteiger partial charge in [-0.15, -0.1) is 0 Å². The van der Waals surface area contributed by atoms with E-state index in [9.17, 15) is 13.8 Å². The molecule has 0 radical (unpaired) electrons. The Kier molecular flexibility index (Phi) is 6.76. The fraction of sp³-hybridized carbons (Fsp3) is 0.222. The van der Waals surface area contributed by atoms with Crippen LogP contribution in [0.15, 0.2) is 42.5 Å². The second kappa shape index (κ2) is 8.82. The summed E-state index contributed by atoms with van der Waals surface area (Å²) in [4.78, 5) is 23.2. The Balaban J connectivity index is 2.04. The van der Waals surface area contributed by atoms with Crippen molar-refractivity contribution in [3.63, 3.8) is 0 Å². The number of halogens is 1. The van der Waals surface area contributed by atoms with Gasteiger partial charge in [0, 0.05) is 21.6 Å². The van der Waals surface area contributed by atoms with Gasteiger partial charge in [-0.3, -0.25) is 9.00 Å². The minimum Gasteiger partial charge on any atom is -0.495 e. The maximum atomic E-state index is 12.5. The Morgan fingerprint density at radius 3 is 2.46 bits per heavy atom. The van der Waals surface area contributed by atoms with E-state index in [0.717, 1.165) is 0 Å². The number of carbonyl (C=O) groups is 2. The Morgan fingerprint density at radius 1 is 1.23 bits per heavy atom. The monoisotopic (exact) mass is 395 g/mol. The number of amides is 1. The number of hydrogen-bond donors (Lipinski definition) is 2. The second-order valence-electron chi connectivity index (χ2n) is 5.50. The molecule has 0 heterocycles. The molecule has 2 atom stereocenters. The molecule has 2 aromatic rings. The number of carboxylic acids is 1. The lowest BCUT2D eigenvalue weighted by molar-refractivity contribution is -0.115. The van der Waals surface area contributed by atoms with Crippen LogP contribution in [0, 0.1) is 0 Å². The highest BCUT2D eigenvalue weighted by molar-refractivity contribution is 7.85. The van der Waals surface area contributed by atoms with Crippen molar-refractivity contribution < 1.29 is 23.6 Å². The zero-order valence-corrected chi connectivity index (χ0v) is 15.8. The average molecular weight is 396 g/mol. The van der Waals surface area contributed by atoms with Crippen molar-refractivity contribution in [1.29, 1.82) is 0 Å². The maximum absolute atomic E-state index is 12.5. The Labute approximate surface area is 158 Å². The van der Waals surface area contributed by atoms with Gasteiger partial charge in [0.05, 0.1) is 18.4 Å². The van der Waals surface area contributed by atoms with E-state index in [1.165, 1.54) is 19.2 Å². The van der Waals surface area contributed by atoms with E-state index in [4.69, 9.17) is 21.4 Å². The third-order valence-corrected chi connectivity index (χ3v) is 5.55. The summed E-state index contributed by atoms with van der Waals surface area (Å²) in [6.45, 7) is 1.56. The first-order chi connectivity index (χ1) is 12.3. The molecule has 0 saturated carbocycles. The molecule has 26 heavy (non-hydrogen) atoms. The summed E-state index contributed by atoms with van der Waals surface area (Å²) in [6, 6.07) is 10.9. The number of methoxy groups -OCH3 is 1. The number of benzene rings is 2. The highest BCUT2D eigenvalue weighted by atomic mass is 35.5. The van der Waals surface area contributed by atoms with Crippen LogP contribution in [0.3, 0.4) is 0 Å². The van der Waals surface area contributed by atoms with Crippen LogP contribution >= 0.6 is 11.6 Å². The minimum absolute atomic E-state index is 0.140. The lowest BCUT2D eigenvalue weighted by atomic mass is 10.1. The summed E-state index contributed by atoms with van der Waals surface area (Å²) >= 11 is 5.93. The van der Waals surface area contributed by atoms with Gasteiger partial charge >= 0.3 is 5.97 Å². The van der Waals surface area contributed by atoms with Gasteiger partial charge in [-0.25, -0.2) is 4.79 Å². The van der Waals surface area contributed by atoms with Gasteiger partial charge in [-0.1, -0.05) is 23.7 Å². The van der Waals surface area contributed by atoms with Crippen LogP contribution in [0.5, 0.6) is 5.75 Å². The molecule has 1 amide bonds. The SMILES string of the molecule is COc1ccc(Cl)cc1NC(=O)C(C)S(=O)Cc1ccc(C(=O)O)cc1. The van der Waals surface area contributed by atoms with Crippen LogP contribution in [0.25, 0.3) is 0 Å². The molecule has 0 aliphatic carbocycles. The highest BCUT2D eigenvalue weighted by Crippen LogP contribution is 2.28. The highest BCUT2D eigenvalue weighted by Gasteiger charge is 2.21. The molecule has 138 valence electrons. The number of carbonyl (C=O) groups excluding carboxylic acids is 1. The third-order valence-electron chi connectivity index (χ3n) is 3.69. The van der Waals surface area contributed by atoms with Crippen molar-refractivity contribution >= 4 is 40.0 Å². The second-order valence-corrected chi connectivity index (χ2v) is 7.70. The fourth-order valence-electron chi connectivity index (χ4n) is 2.16. The Bertz CT molecular complexity index is 838. The van der Waals surface area contributed by atoms with Crippen molar-refractivity contribution in [2.75, 3.05) is 12.4 Å². The van der Waals surface area contributed by atoms with Crippen LogP contribution in [0.1, 0.15) is 22.8 Å². The van der Waals surface area contributed by atoms with Gasteiger partial charge in [0.15, 0.2) is 0 Å². The predicted octanol–water partition coefficient (Wildman–Crippen LogP) is 3.32. The molecule has 2 rings (SSSR count). The van der Waals surface area contributed by atoms with E-state index >= 15 is 0 Å². The smallest absolute Gasteiger partial charge is 0.335 e. The van der Waals surface area contributed by atoms with Crippen molar-refractivity contribution in [3.05, 3.63) is 58.6 Å². The van der Waals surface area contributed by atoms with E-state index < -0.39 is 27.9 Å². The number of hydrogen-bond acceptors (Lipinski definition) is 4. The summed E-state index contributed by atoms with van der Waals surface area (Å²) in [6.07, 6.45) is 0. The zero-order chi connectivity index (χ0) is 19.3. The van der Waals surface area contributed by atoms with Crippen molar-refractivity contribution in [3.8, 4) is 5.75 Å². The van der Waals surface area contributed by atoms with Crippen molar-refractivity contribution in [2.24, 2.45) is 0 Å². The van der Waals surface area contributed by atoms with Crippen LogP contribution in [0.2, 0.25) is 5.02 Å². The molecule has 0 aliphatic rings. The molecule has 2 unspecified atom stereocenters. The number of carboxylic acid groups (broad SMARTS) is 1. The molecule has 2 N–H and O–H groups in total. The summed E-state index contributed by atoms with van der Waals surface area (Å²) in [5, 5.41) is 11.2. The Hall–Kier alpha value is -2.38. The minimum atomic E-state index is -1.48. The van der Waals surface area contributed by atoms with Crippen molar-refractivity contribution in [1.82, 2.24) is 0 Å². The molecule has 8 heteroatoms. The summed E-state index contributed by atoms with van der Waals surface area (Å²) in [7, 11) is -0.0105. The molecule has 0 fully saturated rings. The van der Waals surface area contributed by atoms with E-state index in [1.54, 1.807) is 37.3 Å². The van der Waals surface area contributed by atoms with Gasteiger partial charge in [-0.2, -0.15) is 0 Å². The first-order valence-corrected chi connectivity index (χ1v) is 9.41. The van der Waals surface area contributed by atoms with Gasteiger partial charge in [-0.05, 0) is 42.8 Å². The molecule has 6 nitrogen and oxygen atoms in total. The standard InChI is InChI=1S/C18H18ClNO5S/c1-11(17(21)20-15-9-14(19)7-8-16(15)25-2)26(24)10-12-3-5-13(6-4-12)18(22)23/h3-9,11H,10H2,1-2H3,(H,20,21)(H,22,23). The number of rotatable bonds is 7. The quantitative estimate of drug-likeness (QED) is 0.750. The fourth-order valence-corrected chi connectivity index (χ4v) is 3.41. The molecule has 0 bridgehead atoms. The largest absolute Gasteiger partial charge is 0.495 e. The number of nitrogens with one attached hydrogen (secondary N) is 1. The van der Waals surface area contributed by atoms with E-state index in [0.29, 0.717) is 22.0 Å². The third kappa shape index (κ3) is 5.06. The van der Waals surface area contributed by atoms with E-state index in [1.807, 2.05) is 0 Å². The Morgan fingerprint density at radius 2 is 1.88 bits per heavy atom. The van der Waals surface area contributed by atoms with Gasteiger partial charge < -0.3 is 15.2 Å². The van der Waals surface area contributed by atoms with Crippen LogP contribution in [-0.2, 0) is 21.3 Å². The summed E-state index contributed by atoms with van der Waals surface area (Å²) in [5.74, 6) is -0.863. The summed E-state index contributed by atoms with van der Waals surface area (Å²) < 4.78 is 17.6. The van der Waals surface area contributed by atoms with E-state index in [2.05, 4.69) is 5.32 Å². The molecular weight excluding hydrogens is 378 g/mol.